The zero-order valence-corrected chi connectivity index (χ0v) is 26.0. The number of ether oxygens (including phenoxy) is 1. The van der Waals surface area contributed by atoms with E-state index in [1.807, 2.05) is 50.6 Å². The number of hydrogen-bond donors (Lipinski definition) is 0. The highest BCUT2D eigenvalue weighted by atomic mass is 32.2. The summed E-state index contributed by atoms with van der Waals surface area (Å²) >= 11 is 1.48. The van der Waals surface area contributed by atoms with E-state index < -0.39 is 10.0 Å². The third-order valence-corrected chi connectivity index (χ3v) is 10.2. The van der Waals surface area contributed by atoms with Crippen LogP contribution in [0.4, 0.5) is 5.13 Å². The first-order chi connectivity index (χ1) is 19.4. The number of carbonyl (C=O) groups is 1. The maximum atomic E-state index is 14.0. The Labute approximate surface area is 245 Å². The molecule has 1 saturated heterocycles. The molecular weight excluding hydrogens is 558 g/mol. The molecule has 2 aromatic heterocycles. The predicted molar refractivity (Wildman–Crippen MR) is 162 cm³/mol. The third kappa shape index (κ3) is 6.08. The molecule has 0 bridgehead atoms. The fourth-order valence-electron chi connectivity index (χ4n) is 5.32. The van der Waals surface area contributed by atoms with Gasteiger partial charge < -0.3 is 4.74 Å². The highest BCUT2D eigenvalue weighted by Gasteiger charge is 2.32. The summed E-state index contributed by atoms with van der Waals surface area (Å²) in [4.78, 5) is 20.8. The normalized spacial score (nSPS) is 18.3. The van der Waals surface area contributed by atoms with Crippen LogP contribution < -0.4 is 4.90 Å². The van der Waals surface area contributed by atoms with Crippen LogP contribution in [-0.2, 0) is 21.3 Å². The first kappa shape index (κ1) is 29.4. The van der Waals surface area contributed by atoms with Gasteiger partial charge in [-0.2, -0.15) is 9.40 Å². The molecule has 1 aliphatic rings. The van der Waals surface area contributed by atoms with Gasteiger partial charge in [0.05, 0.1) is 39.6 Å². The van der Waals surface area contributed by atoms with E-state index in [1.54, 1.807) is 17.0 Å². The molecule has 41 heavy (non-hydrogen) atoms. The van der Waals surface area contributed by atoms with Gasteiger partial charge in [-0.15, -0.1) is 0 Å². The Bertz CT molecular complexity index is 1650. The molecule has 11 heteroatoms. The molecule has 2 atom stereocenters. The molecular formula is C30H37N5O4S2. The zero-order valence-electron chi connectivity index (χ0n) is 24.4. The van der Waals surface area contributed by atoms with Crippen LogP contribution in [0.3, 0.4) is 0 Å². The summed E-state index contributed by atoms with van der Waals surface area (Å²) in [6.45, 7) is 13.4. The minimum atomic E-state index is -3.72. The number of aryl methyl sites for hydroxylation is 2. The highest BCUT2D eigenvalue weighted by Crippen LogP contribution is 2.34. The lowest BCUT2D eigenvalue weighted by atomic mass is 10.0. The van der Waals surface area contributed by atoms with Crippen LogP contribution in [0, 0.1) is 13.8 Å². The van der Waals surface area contributed by atoms with E-state index in [9.17, 15) is 13.2 Å². The number of fused-ring (bicyclic) bond motifs is 1. The van der Waals surface area contributed by atoms with Crippen molar-refractivity contribution in [1.29, 1.82) is 0 Å². The molecule has 218 valence electrons. The van der Waals surface area contributed by atoms with Crippen molar-refractivity contribution in [2.24, 2.45) is 0 Å². The number of sulfonamides is 1. The number of aromatic nitrogens is 3. The smallest absolute Gasteiger partial charge is 0.260 e. The van der Waals surface area contributed by atoms with Gasteiger partial charge in [-0.1, -0.05) is 37.3 Å². The number of hydrogen-bond acceptors (Lipinski definition) is 7. The number of anilines is 1. The van der Waals surface area contributed by atoms with Crippen molar-refractivity contribution < 1.29 is 17.9 Å². The predicted octanol–water partition coefficient (Wildman–Crippen LogP) is 5.38. The topological polar surface area (TPSA) is 97.6 Å². The minimum Gasteiger partial charge on any atom is -0.373 e. The molecule has 0 spiro atoms. The van der Waals surface area contributed by atoms with Crippen molar-refractivity contribution in [1.82, 2.24) is 19.1 Å². The van der Waals surface area contributed by atoms with Crippen molar-refractivity contribution in [3.63, 3.8) is 0 Å². The third-order valence-electron chi connectivity index (χ3n) is 7.30. The standard InChI is InChI=1S/C30H37N5O4S2/c1-19(2)26-8-7-9-27-28(26)31-30(40-27)34(14-15-35-21(4)16-20(3)32-35)29(36)24-10-12-25(13-11-24)41(37,38)33-17-22(5)39-23(6)18-33/h7-13,16,19,22-23H,14-15,17-18H2,1-6H3. The number of thiazole rings is 1. The second-order valence-electron chi connectivity index (χ2n) is 11.1. The largest absolute Gasteiger partial charge is 0.373 e. The first-order valence-electron chi connectivity index (χ1n) is 13.9. The summed E-state index contributed by atoms with van der Waals surface area (Å²) < 4.78 is 36.8. The summed E-state index contributed by atoms with van der Waals surface area (Å²) in [7, 11) is -3.72. The van der Waals surface area contributed by atoms with Crippen LogP contribution in [0.15, 0.2) is 53.4 Å². The lowest BCUT2D eigenvalue weighted by Crippen LogP contribution is -2.48. The minimum absolute atomic E-state index is 0.158. The number of benzene rings is 2. The summed E-state index contributed by atoms with van der Waals surface area (Å²) in [6.07, 6.45) is -0.370. The van der Waals surface area contributed by atoms with Crippen LogP contribution >= 0.6 is 11.3 Å². The Hall–Kier alpha value is -3.12. The maximum Gasteiger partial charge on any atom is 0.260 e. The number of carbonyl (C=O) groups excluding carboxylic acids is 1. The molecule has 1 amide bonds. The Balaban J connectivity index is 1.46. The van der Waals surface area contributed by atoms with Gasteiger partial charge >= 0.3 is 0 Å². The maximum absolute atomic E-state index is 14.0. The van der Waals surface area contributed by atoms with E-state index in [0.29, 0.717) is 42.8 Å². The average Bonchev–Trinajstić information content (AvgIpc) is 3.49. The van der Waals surface area contributed by atoms with Crippen LogP contribution in [0.5, 0.6) is 0 Å². The quantitative estimate of drug-likeness (QED) is 0.271. The van der Waals surface area contributed by atoms with Crippen molar-refractivity contribution in [3.8, 4) is 0 Å². The molecule has 5 rings (SSSR count). The Morgan fingerprint density at radius 1 is 1.10 bits per heavy atom. The lowest BCUT2D eigenvalue weighted by Gasteiger charge is -2.34. The van der Waals surface area contributed by atoms with Crippen molar-refractivity contribution in [2.75, 3.05) is 24.5 Å². The summed E-state index contributed by atoms with van der Waals surface area (Å²) in [6, 6.07) is 14.3. The zero-order chi connectivity index (χ0) is 29.5. The Kier molecular flexibility index (Phi) is 8.34. The van der Waals surface area contributed by atoms with Crippen molar-refractivity contribution in [2.45, 2.75) is 71.1 Å². The molecule has 9 nitrogen and oxygen atoms in total. The van der Waals surface area contributed by atoms with Gasteiger partial charge in [0, 0.05) is 30.9 Å². The molecule has 0 saturated carbocycles. The van der Waals surface area contributed by atoms with Gasteiger partial charge in [0.1, 0.15) is 0 Å². The number of amides is 1. The first-order valence-corrected chi connectivity index (χ1v) is 16.2. The molecule has 0 aliphatic carbocycles. The van der Waals surface area contributed by atoms with Gasteiger partial charge in [-0.3, -0.25) is 14.4 Å². The van der Waals surface area contributed by atoms with Crippen LogP contribution in [0.25, 0.3) is 10.2 Å². The van der Waals surface area contributed by atoms with Crippen LogP contribution in [-0.4, -0.2) is 65.2 Å². The summed E-state index contributed by atoms with van der Waals surface area (Å²) in [5.74, 6) is 0.0497. The van der Waals surface area contributed by atoms with Gasteiger partial charge in [0.25, 0.3) is 5.91 Å². The molecule has 0 radical (unpaired) electrons. The fourth-order valence-corrected chi connectivity index (χ4v) is 7.94. The number of nitrogens with zero attached hydrogens (tertiary/aromatic N) is 5. The molecule has 0 N–H and O–H groups in total. The van der Waals surface area contributed by atoms with E-state index in [-0.39, 0.29) is 23.0 Å². The number of para-hydroxylation sites is 1. The van der Waals surface area contributed by atoms with Gasteiger partial charge in [-0.25, -0.2) is 13.4 Å². The molecule has 1 aliphatic heterocycles. The number of morpholine rings is 1. The summed E-state index contributed by atoms with van der Waals surface area (Å²) in [5, 5.41) is 5.17. The van der Waals surface area contributed by atoms with Crippen molar-refractivity contribution >= 4 is 42.6 Å². The van der Waals surface area contributed by atoms with Crippen molar-refractivity contribution in [3.05, 3.63) is 71.0 Å². The van der Waals surface area contributed by atoms with Crippen LogP contribution in [0.1, 0.15) is 60.9 Å². The highest BCUT2D eigenvalue weighted by molar-refractivity contribution is 7.89. The van der Waals surface area contributed by atoms with Crippen LogP contribution in [0.2, 0.25) is 0 Å². The van der Waals surface area contributed by atoms with E-state index in [1.165, 1.54) is 27.8 Å². The second-order valence-corrected chi connectivity index (χ2v) is 14.0. The fraction of sp³-hybridized carbons (Fsp3) is 0.433. The SMILES string of the molecule is Cc1cc(C)n(CCN(C(=O)c2ccc(S(=O)(=O)N3CC(C)OC(C)C3)cc2)c2nc3c(C(C)C)cccc3s2)n1. The lowest BCUT2D eigenvalue weighted by molar-refractivity contribution is -0.0440. The molecule has 2 unspecified atom stereocenters. The second kappa shape index (κ2) is 11.6. The Morgan fingerprint density at radius 3 is 2.39 bits per heavy atom. The number of rotatable bonds is 8. The molecule has 2 aromatic carbocycles. The average molecular weight is 596 g/mol. The van der Waals surface area contributed by atoms with Gasteiger partial charge in [0.15, 0.2) is 5.13 Å². The van der Waals surface area contributed by atoms with E-state index >= 15 is 0 Å². The molecule has 3 heterocycles. The van der Waals surface area contributed by atoms with E-state index in [2.05, 4.69) is 25.0 Å². The van der Waals surface area contributed by atoms with Gasteiger partial charge in [0.2, 0.25) is 10.0 Å². The van der Waals surface area contributed by atoms with Gasteiger partial charge in [-0.05, 0) is 75.6 Å². The van der Waals surface area contributed by atoms with E-state index in [4.69, 9.17) is 9.72 Å². The van der Waals surface area contributed by atoms with E-state index in [0.717, 1.165) is 27.2 Å². The summed E-state index contributed by atoms with van der Waals surface area (Å²) in [5.41, 5.74) is 4.37. The molecule has 1 fully saturated rings. The monoisotopic (exact) mass is 595 g/mol. The molecule has 4 aromatic rings. The Morgan fingerprint density at radius 2 is 1.78 bits per heavy atom.